The van der Waals surface area contributed by atoms with Gasteiger partial charge in [0.25, 0.3) is 0 Å². The van der Waals surface area contributed by atoms with Gasteiger partial charge in [0.1, 0.15) is 5.82 Å². The number of hydrogen-bond acceptors (Lipinski definition) is 2. The van der Waals surface area contributed by atoms with Crippen LogP contribution in [0.5, 0.6) is 0 Å². The fourth-order valence-corrected chi connectivity index (χ4v) is 2.08. The molecule has 6 heteroatoms. The Balaban J connectivity index is 0.00000400. The second-order valence-corrected chi connectivity index (χ2v) is 4.90. The fourth-order valence-electron chi connectivity index (χ4n) is 2.08. The maximum atomic E-state index is 13.0. The van der Waals surface area contributed by atoms with E-state index in [-0.39, 0.29) is 35.8 Å². The summed E-state index contributed by atoms with van der Waals surface area (Å²) >= 11 is 0. The van der Waals surface area contributed by atoms with Crippen molar-refractivity contribution >= 4 is 29.9 Å². The van der Waals surface area contributed by atoms with Gasteiger partial charge in [0.05, 0.1) is 12.6 Å². The Morgan fingerprint density at radius 1 is 1.19 bits per heavy atom. The first-order chi connectivity index (χ1) is 9.49. The van der Waals surface area contributed by atoms with E-state index in [4.69, 9.17) is 5.73 Å². The summed E-state index contributed by atoms with van der Waals surface area (Å²) in [6, 6.07) is 6.63. The monoisotopic (exact) mass is 408 g/mol. The molecule has 1 atom stereocenters. The third kappa shape index (κ3) is 6.17. The largest absolute Gasteiger partial charge is 0.370 e. The lowest BCUT2D eigenvalue weighted by atomic mass is 10.1. The summed E-state index contributed by atoms with van der Waals surface area (Å²) in [6.45, 7) is 6.34. The Hall–Kier alpha value is -0.890. The zero-order valence-corrected chi connectivity index (χ0v) is 15.5. The van der Waals surface area contributed by atoms with Gasteiger partial charge in [0.15, 0.2) is 5.96 Å². The van der Waals surface area contributed by atoms with E-state index in [0.717, 1.165) is 18.7 Å². The minimum absolute atomic E-state index is 0. The van der Waals surface area contributed by atoms with Gasteiger partial charge in [-0.15, -0.1) is 24.0 Å². The van der Waals surface area contributed by atoms with Gasteiger partial charge in [-0.1, -0.05) is 12.1 Å². The highest BCUT2D eigenvalue weighted by atomic mass is 127. The number of nitrogens with two attached hydrogens (primary N) is 1. The number of aliphatic imine (C=N–C) groups is 1. The highest BCUT2D eigenvalue weighted by molar-refractivity contribution is 14.0. The van der Waals surface area contributed by atoms with E-state index in [1.165, 1.54) is 12.1 Å². The van der Waals surface area contributed by atoms with Crippen LogP contribution in [-0.4, -0.2) is 49.5 Å². The van der Waals surface area contributed by atoms with Gasteiger partial charge in [0.2, 0.25) is 0 Å². The Morgan fingerprint density at radius 3 is 2.14 bits per heavy atom. The zero-order valence-electron chi connectivity index (χ0n) is 13.2. The van der Waals surface area contributed by atoms with Crippen LogP contribution in [-0.2, 0) is 0 Å². The average Bonchev–Trinajstić information content (AvgIpc) is 2.42. The summed E-state index contributed by atoms with van der Waals surface area (Å²) in [5.41, 5.74) is 7.02. The first kappa shape index (κ1) is 20.1. The van der Waals surface area contributed by atoms with Crippen molar-refractivity contribution in [2.45, 2.75) is 19.9 Å². The summed E-state index contributed by atoms with van der Waals surface area (Å²) in [4.78, 5) is 8.54. The van der Waals surface area contributed by atoms with Gasteiger partial charge in [-0.2, -0.15) is 0 Å². The van der Waals surface area contributed by atoms with Crippen molar-refractivity contribution in [3.63, 3.8) is 0 Å². The molecular formula is C15H26FIN4. The van der Waals surface area contributed by atoms with Gasteiger partial charge < -0.3 is 15.5 Å². The standard InChI is InChI=1S/C15H25FN4.HI/c1-5-20(6-2)15(17)18-11-14(19(3)4)12-7-9-13(16)10-8-12;/h7-10,14H,5-6,11H2,1-4H3,(H2,17,18);1H. The molecule has 0 aliphatic carbocycles. The maximum Gasteiger partial charge on any atom is 0.191 e. The predicted octanol–water partition coefficient (Wildman–Crippen LogP) is 2.70. The van der Waals surface area contributed by atoms with Crippen LogP contribution < -0.4 is 5.73 Å². The number of likely N-dealkylation sites (N-methyl/N-ethyl adjacent to an activating group) is 1. The van der Waals surface area contributed by atoms with Crippen LogP contribution in [0.2, 0.25) is 0 Å². The molecule has 0 bridgehead atoms. The van der Waals surface area contributed by atoms with E-state index in [0.29, 0.717) is 12.5 Å². The van der Waals surface area contributed by atoms with Gasteiger partial charge in [0, 0.05) is 13.1 Å². The van der Waals surface area contributed by atoms with Crippen molar-refractivity contribution in [2.75, 3.05) is 33.7 Å². The summed E-state index contributed by atoms with van der Waals surface area (Å²) < 4.78 is 13.0. The number of rotatable bonds is 6. The van der Waals surface area contributed by atoms with E-state index in [1.807, 2.05) is 19.0 Å². The van der Waals surface area contributed by atoms with Crippen molar-refractivity contribution in [3.05, 3.63) is 35.6 Å². The van der Waals surface area contributed by atoms with Crippen LogP contribution in [0, 0.1) is 5.82 Å². The Bertz CT molecular complexity index is 430. The Labute approximate surface area is 144 Å². The molecule has 120 valence electrons. The van der Waals surface area contributed by atoms with Crippen molar-refractivity contribution in [2.24, 2.45) is 10.7 Å². The van der Waals surface area contributed by atoms with Crippen LogP contribution in [0.15, 0.2) is 29.3 Å². The number of guanidine groups is 1. The number of halogens is 2. The third-order valence-electron chi connectivity index (χ3n) is 3.39. The van der Waals surface area contributed by atoms with Crippen molar-refractivity contribution in [1.29, 1.82) is 0 Å². The van der Waals surface area contributed by atoms with Crippen molar-refractivity contribution in [3.8, 4) is 0 Å². The van der Waals surface area contributed by atoms with E-state index < -0.39 is 0 Å². The zero-order chi connectivity index (χ0) is 15.1. The molecule has 1 rings (SSSR count). The predicted molar refractivity (Wildman–Crippen MR) is 97.7 cm³/mol. The smallest absolute Gasteiger partial charge is 0.191 e. The van der Waals surface area contributed by atoms with Crippen molar-refractivity contribution < 1.29 is 4.39 Å². The molecule has 21 heavy (non-hydrogen) atoms. The Morgan fingerprint density at radius 2 is 1.71 bits per heavy atom. The second-order valence-electron chi connectivity index (χ2n) is 4.90. The topological polar surface area (TPSA) is 44.9 Å². The highest BCUT2D eigenvalue weighted by Gasteiger charge is 2.14. The molecule has 0 aliphatic rings. The first-order valence-corrected chi connectivity index (χ1v) is 6.96. The van der Waals surface area contributed by atoms with Crippen LogP contribution in [0.3, 0.4) is 0 Å². The molecular weight excluding hydrogens is 382 g/mol. The molecule has 1 unspecified atom stereocenters. The molecule has 0 saturated heterocycles. The molecule has 4 nitrogen and oxygen atoms in total. The minimum atomic E-state index is -0.225. The van der Waals surface area contributed by atoms with Crippen LogP contribution in [0.1, 0.15) is 25.5 Å². The normalized spacial score (nSPS) is 13.0. The number of hydrogen-bond donors (Lipinski definition) is 1. The molecule has 0 saturated carbocycles. The van der Waals surface area contributed by atoms with Crippen molar-refractivity contribution in [1.82, 2.24) is 9.80 Å². The molecule has 0 fully saturated rings. The summed E-state index contributed by atoms with van der Waals surface area (Å²) in [5.74, 6) is 0.335. The molecule has 0 spiro atoms. The van der Waals surface area contributed by atoms with E-state index in [9.17, 15) is 4.39 Å². The van der Waals surface area contributed by atoms with Gasteiger partial charge >= 0.3 is 0 Å². The second kappa shape index (κ2) is 9.94. The van der Waals surface area contributed by atoms with Gasteiger partial charge in [-0.05, 0) is 45.6 Å². The Kier molecular flexibility index (Phi) is 9.52. The molecule has 2 N–H and O–H groups in total. The molecule has 0 radical (unpaired) electrons. The first-order valence-electron chi connectivity index (χ1n) is 6.96. The van der Waals surface area contributed by atoms with E-state index >= 15 is 0 Å². The fraction of sp³-hybridized carbons (Fsp3) is 0.533. The summed E-state index contributed by atoms with van der Waals surface area (Å²) in [5, 5.41) is 0. The lowest BCUT2D eigenvalue weighted by Gasteiger charge is -2.25. The molecule has 0 amide bonds. The van der Waals surface area contributed by atoms with Gasteiger partial charge in [-0.25, -0.2) is 4.39 Å². The lowest BCUT2D eigenvalue weighted by Crippen LogP contribution is -2.37. The highest BCUT2D eigenvalue weighted by Crippen LogP contribution is 2.19. The number of benzene rings is 1. The van der Waals surface area contributed by atoms with E-state index in [1.54, 1.807) is 12.1 Å². The molecule has 0 heterocycles. The van der Waals surface area contributed by atoms with Gasteiger partial charge in [-0.3, -0.25) is 4.99 Å². The number of nitrogens with zero attached hydrogens (tertiary/aromatic N) is 3. The quantitative estimate of drug-likeness (QED) is 0.447. The molecule has 0 aliphatic heterocycles. The van der Waals surface area contributed by atoms with Crippen LogP contribution in [0.25, 0.3) is 0 Å². The third-order valence-corrected chi connectivity index (χ3v) is 3.39. The maximum absolute atomic E-state index is 13.0. The molecule has 1 aromatic rings. The molecule has 0 aromatic heterocycles. The average molecular weight is 408 g/mol. The van der Waals surface area contributed by atoms with Crippen LogP contribution >= 0.6 is 24.0 Å². The summed E-state index contributed by atoms with van der Waals surface area (Å²) in [7, 11) is 3.97. The minimum Gasteiger partial charge on any atom is -0.370 e. The molecule has 1 aromatic carbocycles. The SMILES string of the molecule is CCN(CC)C(N)=NCC(c1ccc(F)cc1)N(C)C.I. The van der Waals surface area contributed by atoms with Crippen LogP contribution in [0.4, 0.5) is 4.39 Å². The van der Waals surface area contributed by atoms with E-state index in [2.05, 4.69) is 23.7 Å². The summed E-state index contributed by atoms with van der Waals surface area (Å²) in [6.07, 6.45) is 0. The lowest BCUT2D eigenvalue weighted by molar-refractivity contribution is 0.305.